The van der Waals surface area contributed by atoms with Crippen LogP contribution in [-0.4, -0.2) is 36.7 Å². The Labute approximate surface area is 268 Å². The molecule has 0 aromatic heterocycles. The molecule has 42 heavy (non-hydrogen) atoms. The molecule has 1 heterocycles. The fourth-order valence-electron chi connectivity index (χ4n) is 5.87. The number of carbonyl (C=O) groups excluding carboxylic acids is 1. The Hall–Kier alpha value is -0.775. The highest BCUT2D eigenvalue weighted by atomic mass is 32.1. The van der Waals surface area contributed by atoms with Gasteiger partial charge >= 0.3 is 7.48 Å². The summed E-state index contributed by atoms with van der Waals surface area (Å²) in [5.41, 5.74) is 2.59. The van der Waals surface area contributed by atoms with E-state index >= 15 is 0 Å². The number of ketones is 1. The minimum Gasteiger partial charge on any atom is -0.428 e. The highest BCUT2D eigenvalue weighted by Gasteiger charge is 2.42. The summed E-state index contributed by atoms with van der Waals surface area (Å²) in [5, 5.41) is 3.40. The molecule has 0 spiro atoms. The lowest BCUT2D eigenvalue weighted by Gasteiger charge is -2.39. The van der Waals surface area contributed by atoms with Crippen LogP contribution in [-0.2, 0) is 14.9 Å². The smallest absolute Gasteiger partial charge is 0.330 e. The number of aryl methyl sites for hydroxylation is 1. The first-order valence-electron chi connectivity index (χ1n) is 17.1. The van der Waals surface area contributed by atoms with E-state index in [0.717, 1.165) is 54.7 Å². The van der Waals surface area contributed by atoms with Crippen LogP contribution in [0.5, 0.6) is 0 Å². The molecule has 0 bridgehead atoms. The van der Waals surface area contributed by atoms with Crippen molar-refractivity contribution in [2.24, 2.45) is 23.7 Å². The van der Waals surface area contributed by atoms with E-state index in [4.69, 9.17) is 4.65 Å². The molecule has 2 aliphatic rings. The molecule has 1 aliphatic heterocycles. The van der Waals surface area contributed by atoms with Gasteiger partial charge in [0.1, 0.15) is 5.78 Å². The van der Waals surface area contributed by atoms with Gasteiger partial charge < -0.3 is 9.97 Å². The van der Waals surface area contributed by atoms with Gasteiger partial charge in [-0.25, -0.2) is 0 Å². The van der Waals surface area contributed by atoms with E-state index in [-0.39, 0.29) is 16.1 Å². The fraction of sp³-hybridized carbons (Fsp3) is 0.811. The largest absolute Gasteiger partial charge is 0.428 e. The highest BCUT2D eigenvalue weighted by molar-refractivity contribution is 7.81. The van der Waals surface area contributed by atoms with Crippen LogP contribution in [0.25, 0.3) is 0 Å². The number of Topliss-reactive ketones (excluding diaryl/α,β-unsaturated/α-hetero) is 1. The minimum atomic E-state index is -0.396. The normalized spacial score (nSPS) is 20.8. The third kappa shape index (κ3) is 12.0. The van der Waals surface area contributed by atoms with Crippen molar-refractivity contribution in [2.75, 3.05) is 13.1 Å². The van der Waals surface area contributed by atoms with Gasteiger partial charge in [0.25, 0.3) is 0 Å². The van der Waals surface area contributed by atoms with Gasteiger partial charge in [-0.05, 0) is 102 Å². The first-order valence-corrected chi connectivity index (χ1v) is 17.6. The molecule has 1 saturated carbocycles. The summed E-state index contributed by atoms with van der Waals surface area (Å²) >= 11 is 4.65. The molecule has 0 amide bonds. The number of rotatable bonds is 12. The van der Waals surface area contributed by atoms with Gasteiger partial charge in [-0.15, -0.1) is 0 Å². The second-order valence-corrected chi connectivity index (χ2v) is 15.9. The molecule has 5 heteroatoms. The van der Waals surface area contributed by atoms with E-state index in [0.29, 0.717) is 5.78 Å². The van der Waals surface area contributed by atoms with E-state index in [9.17, 15) is 4.79 Å². The Kier molecular flexibility index (Phi) is 17.1. The van der Waals surface area contributed by atoms with Crippen LogP contribution in [0.4, 0.5) is 0 Å². The SMILES string of the molecule is CCC1CC(C)C1.CCCCC(C)CC.Cc1cc([B]OC(C)(C)C(C)(C)S)ccc1C1(C(=O)C(C)C)CCNCC1. The van der Waals surface area contributed by atoms with Gasteiger partial charge in [0.15, 0.2) is 0 Å². The van der Waals surface area contributed by atoms with Crippen molar-refractivity contribution < 1.29 is 9.45 Å². The second-order valence-electron chi connectivity index (χ2n) is 14.7. The molecule has 3 nitrogen and oxygen atoms in total. The third-order valence-corrected chi connectivity index (χ3v) is 10.5. The van der Waals surface area contributed by atoms with Gasteiger partial charge in [-0.1, -0.05) is 104 Å². The summed E-state index contributed by atoms with van der Waals surface area (Å²) in [5.74, 6) is 3.49. The molecule has 3 rings (SSSR count). The highest BCUT2D eigenvalue weighted by Crippen LogP contribution is 2.38. The number of piperidine rings is 1. The van der Waals surface area contributed by atoms with Crippen molar-refractivity contribution in [1.29, 1.82) is 0 Å². The summed E-state index contributed by atoms with van der Waals surface area (Å²) in [6.07, 6.45) is 11.7. The van der Waals surface area contributed by atoms with E-state index < -0.39 is 5.60 Å². The lowest BCUT2D eigenvalue weighted by molar-refractivity contribution is -0.128. The predicted octanol–water partition coefficient (Wildman–Crippen LogP) is 9.25. The molecule has 1 aliphatic carbocycles. The maximum Gasteiger partial charge on any atom is 0.330 e. The number of carbonyl (C=O) groups is 1. The van der Waals surface area contributed by atoms with Crippen LogP contribution >= 0.6 is 12.6 Å². The van der Waals surface area contributed by atoms with E-state index in [1.165, 1.54) is 50.5 Å². The summed E-state index contributed by atoms with van der Waals surface area (Å²) in [6.45, 7) is 27.6. The average molecular weight is 601 g/mol. The van der Waals surface area contributed by atoms with Crippen molar-refractivity contribution in [3.8, 4) is 0 Å². The third-order valence-electron chi connectivity index (χ3n) is 9.98. The Morgan fingerprint density at radius 2 is 1.69 bits per heavy atom. The lowest BCUT2D eigenvalue weighted by Crippen LogP contribution is -2.48. The molecule has 1 radical (unpaired) electrons. The number of hydrogen-bond acceptors (Lipinski definition) is 4. The van der Waals surface area contributed by atoms with Gasteiger partial charge in [0.05, 0.1) is 11.0 Å². The molecule has 1 N–H and O–H groups in total. The Morgan fingerprint density at radius 1 is 1.10 bits per heavy atom. The van der Waals surface area contributed by atoms with Crippen LogP contribution in [0.15, 0.2) is 18.2 Å². The van der Waals surface area contributed by atoms with Crippen LogP contribution < -0.4 is 10.8 Å². The van der Waals surface area contributed by atoms with Gasteiger partial charge in [0, 0.05) is 10.7 Å². The Morgan fingerprint density at radius 3 is 2.10 bits per heavy atom. The van der Waals surface area contributed by atoms with Crippen LogP contribution in [0.2, 0.25) is 0 Å². The Balaban J connectivity index is 0.000000477. The van der Waals surface area contributed by atoms with Crippen LogP contribution in [0, 0.1) is 30.6 Å². The van der Waals surface area contributed by atoms with Crippen LogP contribution in [0.3, 0.4) is 0 Å². The van der Waals surface area contributed by atoms with Crippen molar-refractivity contribution >= 4 is 31.4 Å². The van der Waals surface area contributed by atoms with Gasteiger partial charge in [0.2, 0.25) is 0 Å². The number of unbranched alkanes of at least 4 members (excludes halogenated alkanes) is 1. The number of thiol groups is 1. The summed E-state index contributed by atoms with van der Waals surface area (Å²) < 4.78 is 5.79. The van der Waals surface area contributed by atoms with Gasteiger partial charge in [-0.2, -0.15) is 12.6 Å². The number of benzene rings is 1. The van der Waals surface area contributed by atoms with Crippen molar-refractivity contribution in [1.82, 2.24) is 5.32 Å². The van der Waals surface area contributed by atoms with Crippen molar-refractivity contribution in [3.63, 3.8) is 0 Å². The maximum atomic E-state index is 13.2. The van der Waals surface area contributed by atoms with E-state index in [2.05, 4.69) is 91.5 Å². The standard InChI is InChI=1S/C22H35BNO2S.C8H18.C7H14/c1-15(2)19(25)22(10-12-24-13-11-22)18-9-8-17(14-16(18)3)23-26-20(4,5)21(6,7)27;1-4-6-7-8(3)5-2;1-3-7-4-6(2)5-7/h8-9,14-15,24,27H,10-13H2,1-7H3;8H,4-7H2,1-3H3;6-7H,3-5H2,1-2H3. The van der Waals surface area contributed by atoms with Crippen molar-refractivity contribution in [3.05, 3.63) is 29.3 Å². The zero-order chi connectivity index (χ0) is 32.1. The molecule has 2 fully saturated rings. The molecule has 1 aromatic carbocycles. The summed E-state index contributed by atoms with van der Waals surface area (Å²) in [4.78, 5) is 13.2. The first-order chi connectivity index (χ1) is 19.5. The fourth-order valence-corrected chi connectivity index (χ4v) is 5.92. The van der Waals surface area contributed by atoms with E-state index in [1.54, 1.807) is 0 Å². The number of hydrogen-bond donors (Lipinski definition) is 2. The van der Waals surface area contributed by atoms with Crippen molar-refractivity contribution in [2.45, 2.75) is 157 Å². The molecule has 241 valence electrons. The zero-order valence-corrected chi connectivity index (χ0v) is 30.6. The topological polar surface area (TPSA) is 38.3 Å². The Bertz CT molecular complexity index is 911. The summed E-state index contributed by atoms with van der Waals surface area (Å²) in [6, 6.07) is 6.34. The molecular weight excluding hydrogens is 533 g/mol. The minimum absolute atomic E-state index is 0.0375. The second kappa shape index (κ2) is 18.3. The molecule has 1 aromatic rings. The molecule has 1 unspecified atom stereocenters. The monoisotopic (exact) mass is 600 g/mol. The quantitative estimate of drug-likeness (QED) is 0.186. The lowest BCUT2D eigenvalue weighted by atomic mass is 9.65. The summed E-state index contributed by atoms with van der Waals surface area (Å²) in [7, 11) is 1.81. The zero-order valence-electron chi connectivity index (χ0n) is 29.7. The van der Waals surface area contributed by atoms with Gasteiger partial charge in [-0.3, -0.25) is 4.79 Å². The first kappa shape index (κ1) is 39.2. The molecular formula is C37H67BNO2S. The van der Waals surface area contributed by atoms with E-state index in [1.807, 2.05) is 35.2 Å². The molecule has 1 saturated heterocycles. The number of nitrogens with one attached hydrogen (secondary N) is 1. The van der Waals surface area contributed by atoms with Crippen LogP contribution in [0.1, 0.15) is 145 Å². The average Bonchev–Trinajstić information content (AvgIpc) is 2.93. The predicted molar refractivity (Wildman–Crippen MR) is 190 cm³/mol. The maximum absolute atomic E-state index is 13.2. The molecule has 1 atom stereocenters.